The second-order valence-corrected chi connectivity index (χ2v) is 4.86. The van der Waals surface area contributed by atoms with Crippen LogP contribution < -0.4 is 0 Å². The number of carbonyl (C=O) groups excluding carboxylic acids is 2. The Kier molecular flexibility index (Phi) is 4.08. The van der Waals surface area contributed by atoms with Crippen LogP contribution in [0.15, 0.2) is 42.5 Å². The van der Waals surface area contributed by atoms with Gasteiger partial charge in [-0.15, -0.1) is 0 Å². The third-order valence-electron chi connectivity index (χ3n) is 3.70. The van der Waals surface area contributed by atoms with E-state index in [0.717, 1.165) is 18.3 Å². The number of aldehydes is 1. The standard InChI is InChI=1S/C16H18O2/c1-12(6-5-11-17)16-14(9-10-15(16)18)13-7-3-2-4-8-13/h2-4,7-8,11,14,16H,1,5-6,9-10H2/t14-,16?/m1/s1. The lowest BCUT2D eigenvalue weighted by molar-refractivity contribution is -0.120. The van der Waals surface area contributed by atoms with Gasteiger partial charge in [0.1, 0.15) is 12.1 Å². The molecular weight excluding hydrogens is 224 g/mol. The molecule has 1 aliphatic carbocycles. The highest BCUT2D eigenvalue weighted by Gasteiger charge is 2.36. The molecule has 94 valence electrons. The van der Waals surface area contributed by atoms with E-state index in [2.05, 4.69) is 18.7 Å². The molecule has 0 N–H and O–H groups in total. The van der Waals surface area contributed by atoms with Crippen molar-refractivity contribution < 1.29 is 9.59 Å². The molecule has 1 saturated carbocycles. The summed E-state index contributed by atoms with van der Waals surface area (Å²) in [6, 6.07) is 10.1. The summed E-state index contributed by atoms with van der Waals surface area (Å²) in [5.41, 5.74) is 2.12. The van der Waals surface area contributed by atoms with Crippen LogP contribution in [-0.2, 0) is 9.59 Å². The van der Waals surface area contributed by atoms with Crippen molar-refractivity contribution in [2.45, 2.75) is 31.6 Å². The van der Waals surface area contributed by atoms with Crippen LogP contribution in [-0.4, -0.2) is 12.1 Å². The Morgan fingerprint density at radius 1 is 1.33 bits per heavy atom. The van der Waals surface area contributed by atoms with Gasteiger partial charge in [-0.3, -0.25) is 4.79 Å². The molecule has 2 atom stereocenters. The van der Waals surface area contributed by atoms with E-state index in [-0.39, 0.29) is 17.6 Å². The minimum Gasteiger partial charge on any atom is -0.303 e. The minimum atomic E-state index is -0.0904. The topological polar surface area (TPSA) is 34.1 Å². The Bertz CT molecular complexity index is 447. The SMILES string of the molecule is C=C(CCC=O)C1C(=O)CC[C@@H]1c1ccccc1. The number of rotatable bonds is 5. The van der Waals surface area contributed by atoms with E-state index in [1.807, 2.05) is 18.2 Å². The monoisotopic (exact) mass is 242 g/mol. The Morgan fingerprint density at radius 2 is 2.06 bits per heavy atom. The van der Waals surface area contributed by atoms with Crippen molar-refractivity contribution in [1.29, 1.82) is 0 Å². The molecule has 1 unspecified atom stereocenters. The maximum Gasteiger partial charge on any atom is 0.140 e. The summed E-state index contributed by atoms with van der Waals surface area (Å²) >= 11 is 0. The number of Topliss-reactive ketones (excluding diaryl/α,β-unsaturated/α-hetero) is 1. The van der Waals surface area contributed by atoms with Crippen molar-refractivity contribution in [3.63, 3.8) is 0 Å². The zero-order valence-corrected chi connectivity index (χ0v) is 10.5. The van der Waals surface area contributed by atoms with Crippen molar-refractivity contribution in [3.05, 3.63) is 48.0 Å². The average molecular weight is 242 g/mol. The molecule has 2 rings (SSSR count). The largest absolute Gasteiger partial charge is 0.303 e. The van der Waals surface area contributed by atoms with Crippen molar-refractivity contribution in [2.24, 2.45) is 5.92 Å². The number of allylic oxidation sites excluding steroid dienone is 1. The fraction of sp³-hybridized carbons (Fsp3) is 0.375. The van der Waals surface area contributed by atoms with Gasteiger partial charge < -0.3 is 4.79 Å². The van der Waals surface area contributed by atoms with E-state index in [4.69, 9.17) is 0 Å². The first-order valence-electron chi connectivity index (χ1n) is 6.43. The van der Waals surface area contributed by atoms with Crippen LogP contribution in [0, 0.1) is 5.92 Å². The molecule has 0 amide bonds. The third kappa shape index (κ3) is 2.58. The third-order valence-corrected chi connectivity index (χ3v) is 3.70. The molecule has 0 heterocycles. The lowest BCUT2D eigenvalue weighted by Gasteiger charge is -2.20. The van der Waals surface area contributed by atoms with Gasteiger partial charge in [0.25, 0.3) is 0 Å². The quantitative estimate of drug-likeness (QED) is 0.586. The summed E-state index contributed by atoms with van der Waals surface area (Å²) < 4.78 is 0. The van der Waals surface area contributed by atoms with Gasteiger partial charge in [0, 0.05) is 18.8 Å². The summed E-state index contributed by atoms with van der Waals surface area (Å²) in [7, 11) is 0. The van der Waals surface area contributed by atoms with Crippen LogP contribution in [0.5, 0.6) is 0 Å². The molecule has 1 aliphatic rings. The fourth-order valence-corrected chi connectivity index (χ4v) is 2.82. The van der Waals surface area contributed by atoms with Crippen molar-refractivity contribution >= 4 is 12.1 Å². The van der Waals surface area contributed by atoms with Crippen LogP contribution in [0.1, 0.15) is 37.2 Å². The molecule has 0 aromatic heterocycles. The molecule has 18 heavy (non-hydrogen) atoms. The second kappa shape index (κ2) is 5.76. The number of carbonyl (C=O) groups is 2. The second-order valence-electron chi connectivity index (χ2n) is 4.86. The van der Waals surface area contributed by atoms with Gasteiger partial charge in [-0.05, 0) is 24.3 Å². The highest BCUT2D eigenvalue weighted by atomic mass is 16.1. The number of hydrogen-bond acceptors (Lipinski definition) is 2. The predicted octanol–water partition coefficient (Wildman–Crippen LogP) is 3.28. The van der Waals surface area contributed by atoms with Gasteiger partial charge >= 0.3 is 0 Å². The Balaban J connectivity index is 2.17. The summed E-state index contributed by atoms with van der Waals surface area (Å²) in [4.78, 5) is 22.4. The maximum atomic E-state index is 12.0. The Hall–Kier alpha value is -1.70. The first-order valence-corrected chi connectivity index (χ1v) is 6.43. The van der Waals surface area contributed by atoms with E-state index in [1.165, 1.54) is 5.56 Å². The molecule has 1 aromatic rings. The molecule has 0 radical (unpaired) electrons. The molecule has 1 aromatic carbocycles. The van der Waals surface area contributed by atoms with Crippen LogP contribution in [0.3, 0.4) is 0 Å². The normalized spacial score (nSPS) is 23.0. The van der Waals surface area contributed by atoms with E-state index < -0.39 is 0 Å². The number of ketones is 1. The molecular formula is C16H18O2. The van der Waals surface area contributed by atoms with Crippen molar-refractivity contribution in [2.75, 3.05) is 0 Å². The molecule has 2 nitrogen and oxygen atoms in total. The van der Waals surface area contributed by atoms with Crippen LogP contribution in [0.4, 0.5) is 0 Å². The summed E-state index contributed by atoms with van der Waals surface area (Å²) in [5.74, 6) is 0.435. The first-order chi connectivity index (χ1) is 8.74. The fourth-order valence-electron chi connectivity index (χ4n) is 2.82. The predicted molar refractivity (Wildman–Crippen MR) is 71.4 cm³/mol. The zero-order chi connectivity index (χ0) is 13.0. The number of benzene rings is 1. The molecule has 0 saturated heterocycles. The molecule has 0 bridgehead atoms. The van der Waals surface area contributed by atoms with Gasteiger partial charge in [0.15, 0.2) is 0 Å². The average Bonchev–Trinajstić information content (AvgIpc) is 2.79. The summed E-state index contributed by atoms with van der Waals surface area (Å²) in [6.07, 6.45) is 3.51. The van der Waals surface area contributed by atoms with E-state index in [0.29, 0.717) is 19.3 Å². The highest BCUT2D eigenvalue weighted by Crippen LogP contribution is 2.41. The molecule has 0 spiro atoms. The van der Waals surface area contributed by atoms with Gasteiger partial charge in [0.05, 0.1) is 0 Å². The Morgan fingerprint density at radius 3 is 2.72 bits per heavy atom. The number of hydrogen-bond donors (Lipinski definition) is 0. The van der Waals surface area contributed by atoms with Crippen molar-refractivity contribution in [1.82, 2.24) is 0 Å². The molecule has 1 fully saturated rings. The highest BCUT2D eigenvalue weighted by molar-refractivity contribution is 5.87. The lowest BCUT2D eigenvalue weighted by atomic mass is 9.82. The summed E-state index contributed by atoms with van der Waals surface area (Å²) in [6.45, 7) is 4.02. The smallest absolute Gasteiger partial charge is 0.140 e. The van der Waals surface area contributed by atoms with Crippen LogP contribution >= 0.6 is 0 Å². The van der Waals surface area contributed by atoms with Gasteiger partial charge in [-0.25, -0.2) is 0 Å². The first kappa shape index (κ1) is 12.7. The minimum absolute atomic E-state index is 0.0904. The molecule has 0 aliphatic heterocycles. The van der Waals surface area contributed by atoms with E-state index in [1.54, 1.807) is 0 Å². The lowest BCUT2D eigenvalue weighted by Crippen LogP contribution is -2.16. The molecule has 2 heteroatoms. The van der Waals surface area contributed by atoms with E-state index >= 15 is 0 Å². The maximum absolute atomic E-state index is 12.0. The van der Waals surface area contributed by atoms with Gasteiger partial charge in [-0.2, -0.15) is 0 Å². The zero-order valence-electron chi connectivity index (χ0n) is 10.5. The van der Waals surface area contributed by atoms with Crippen LogP contribution in [0.25, 0.3) is 0 Å². The van der Waals surface area contributed by atoms with E-state index in [9.17, 15) is 9.59 Å². The van der Waals surface area contributed by atoms with Gasteiger partial charge in [0.2, 0.25) is 0 Å². The van der Waals surface area contributed by atoms with Crippen molar-refractivity contribution in [3.8, 4) is 0 Å². The van der Waals surface area contributed by atoms with Gasteiger partial charge in [-0.1, -0.05) is 42.5 Å². The van der Waals surface area contributed by atoms with Crippen LogP contribution in [0.2, 0.25) is 0 Å². The summed E-state index contributed by atoms with van der Waals surface area (Å²) in [5, 5.41) is 0. The Labute approximate surface area is 108 Å².